The summed E-state index contributed by atoms with van der Waals surface area (Å²) in [6, 6.07) is 3.49. The maximum absolute atomic E-state index is 12.0. The molecule has 2 rings (SSSR count). The highest BCUT2D eigenvalue weighted by atomic mass is 35.5. The van der Waals surface area contributed by atoms with Crippen LogP contribution in [0.25, 0.3) is 0 Å². The fourth-order valence-electron chi connectivity index (χ4n) is 2.07. The van der Waals surface area contributed by atoms with Crippen LogP contribution in [-0.4, -0.2) is 46.2 Å². The lowest BCUT2D eigenvalue weighted by atomic mass is 10.2. The van der Waals surface area contributed by atoms with E-state index in [1.807, 2.05) is 13.0 Å². The van der Waals surface area contributed by atoms with Gasteiger partial charge in [0.2, 0.25) is 0 Å². The number of pyridine rings is 1. The second kappa shape index (κ2) is 6.02. The molecule has 0 aromatic carbocycles. The predicted molar refractivity (Wildman–Crippen MR) is 71.5 cm³/mol. The fraction of sp³-hybridized carbons (Fsp3) is 0.462. The van der Waals surface area contributed by atoms with Crippen molar-refractivity contribution < 1.29 is 9.59 Å². The van der Waals surface area contributed by atoms with E-state index in [-0.39, 0.29) is 0 Å². The first-order valence-electron chi connectivity index (χ1n) is 6.30. The first-order valence-corrected chi connectivity index (χ1v) is 6.68. The minimum absolute atomic E-state index is 0.398. The van der Waals surface area contributed by atoms with E-state index in [0.29, 0.717) is 31.3 Å². The van der Waals surface area contributed by atoms with E-state index in [0.717, 1.165) is 12.0 Å². The number of carbonyl (C=O) groups excluding carboxylic acids is 2. The molecule has 2 heterocycles. The van der Waals surface area contributed by atoms with Crippen LogP contribution in [0.2, 0.25) is 5.15 Å². The molecule has 0 spiro atoms. The molecule has 1 aliphatic rings. The Morgan fingerprint density at radius 2 is 1.89 bits per heavy atom. The van der Waals surface area contributed by atoms with E-state index in [1.54, 1.807) is 22.1 Å². The molecular formula is C13H16ClN3O2. The highest BCUT2D eigenvalue weighted by Gasteiger charge is 2.31. The molecule has 0 bridgehead atoms. The quantitative estimate of drug-likeness (QED) is 0.618. The van der Waals surface area contributed by atoms with Crippen molar-refractivity contribution in [1.82, 2.24) is 14.8 Å². The Kier molecular flexibility index (Phi) is 4.37. The summed E-state index contributed by atoms with van der Waals surface area (Å²) in [4.78, 5) is 31.0. The van der Waals surface area contributed by atoms with Gasteiger partial charge in [-0.25, -0.2) is 4.98 Å². The van der Waals surface area contributed by atoms with Crippen LogP contribution in [-0.2, 0) is 16.1 Å². The SMILES string of the molecule is CCCN1CCN(Cc2ccc(Cl)nc2)C(=O)C1=O. The summed E-state index contributed by atoms with van der Waals surface area (Å²) in [6.45, 7) is 4.19. The number of halogens is 1. The second-order valence-electron chi connectivity index (χ2n) is 4.51. The Hall–Kier alpha value is -1.62. The van der Waals surface area contributed by atoms with Crippen LogP contribution in [0.4, 0.5) is 0 Å². The topological polar surface area (TPSA) is 53.5 Å². The van der Waals surface area contributed by atoms with E-state index in [9.17, 15) is 9.59 Å². The van der Waals surface area contributed by atoms with Gasteiger partial charge in [0, 0.05) is 32.4 Å². The first kappa shape index (κ1) is 13.8. The van der Waals surface area contributed by atoms with Gasteiger partial charge in [-0.3, -0.25) is 9.59 Å². The van der Waals surface area contributed by atoms with Gasteiger partial charge in [0.1, 0.15) is 5.15 Å². The summed E-state index contributed by atoms with van der Waals surface area (Å²) >= 11 is 5.71. The van der Waals surface area contributed by atoms with Gasteiger partial charge < -0.3 is 9.80 Å². The van der Waals surface area contributed by atoms with Gasteiger partial charge in [-0.2, -0.15) is 0 Å². The molecule has 0 atom stereocenters. The van der Waals surface area contributed by atoms with Gasteiger partial charge >= 0.3 is 11.8 Å². The summed E-state index contributed by atoms with van der Waals surface area (Å²) in [7, 11) is 0. The van der Waals surface area contributed by atoms with Crippen molar-refractivity contribution >= 4 is 23.4 Å². The van der Waals surface area contributed by atoms with E-state index in [1.165, 1.54) is 0 Å². The first-order chi connectivity index (χ1) is 9.11. The third-order valence-electron chi connectivity index (χ3n) is 3.05. The molecule has 5 nitrogen and oxygen atoms in total. The van der Waals surface area contributed by atoms with Crippen molar-refractivity contribution in [3.63, 3.8) is 0 Å². The molecule has 102 valence electrons. The van der Waals surface area contributed by atoms with Crippen molar-refractivity contribution in [3.8, 4) is 0 Å². The van der Waals surface area contributed by atoms with Crippen molar-refractivity contribution in [3.05, 3.63) is 29.0 Å². The summed E-state index contributed by atoms with van der Waals surface area (Å²) in [5.41, 5.74) is 0.870. The minimum Gasteiger partial charge on any atom is -0.333 e. The van der Waals surface area contributed by atoms with Gasteiger partial charge in [0.25, 0.3) is 0 Å². The summed E-state index contributed by atoms with van der Waals surface area (Å²) < 4.78 is 0. The van der Waals surface area contributed by atoms with Crippen LogP contribution < -0.4 is 0 Å². The smallest absolute Gasteiger partial charge is 0.312 e. The number of nitrogens with zero attached hydrogens (tertiary/aromatic N) is 3. The average Bonchev–Trinajstić information content (AvgIpc) is 2.41. The van der Waals surface area contributed by atoms with E-state index in [4.69, 9.17) is 11.6 Å². The Bertz CT molecular complexity index is 475. The summed E-state index contributed by atoms with van der Waals surface area (Å²) in [5, 5.41) is 0.416. The molecule has 1 aromatic rings. The fourth-order valence-corrected chi connectivity index (χ4v) is 2.18. The van der Waals surface area contributed by atoms with Gasteiger partial charge in [-0.1, -0.05) is 24.6 Å². The standard InChI is InChI=1S/C13H16ClN3O2/c1-2-5-16-6-7-17(13(19)12(16)18)9-10-3-4-11(14)15-8-10/h3-4,8H,2,5-7,9H2,1H3. The van der Waals surface area contributed by atoms with Crippen LogP contribution in [0.15, 0.2) is 18.3 Å². The molecule has 0 N–H and O–H groups in total. The molecule has 0 radical (unpaired) electrons. The summed E-state index contributed by atoms with van der Waals surface area (Å²) in [5.74, 6) is -0.843. The highest BCUT2D eigenvalue weighted by Crippen LogP contribution is 2.12. The Balaban J connectivity index is 2.01. The normalized spacial score (nSPS) is 16.1. The Labute approximate surface area is 117 Å². The monoisotopic (exact) mass is 281 g/mol. The van der Waals surface area contributed by atoms with Crippen LogP contribution >= 0.6 is 11.6 Å². The Morgan fingerprint density at radius 3 is 2.53 bits per heavy atom. The lowest BCUT2D eigenvalue weighted by Gasteiger charge is -2.33. The molecule has 0 aliphatic carbocycles. The number of amides is 2. The zero-order valence-electron chi connectivity index (χ0n) is 10.8. The second-order valence-corrected chi connectivity index (χ2v) is 4.90. The molecule has 6 heteroatoms. The van der Waals surface area contributed by atoms with Crippen LogP contribution in [0, 0.1) is 0 Å². The molecule has 0 saturated carbocycles. The van der Waals surface area contributed by atoms with Gasteiger partial charge in [-0.15, -0.1) is 0 Å². The molecule has 0 unspecified atom stereocenters. The minimum atomic E-state index is -0.436. The molecule has 1 fully saturated rings. The number of aromatic nitrogens is 1. The lowest BCUT2D eigenvalue weighted by Crippen LogP contribution is -2.53. The average molecular weight is 282 g/mol. The van der Waals surface area contributed by atoms with Gasteiger partial charge in [0.15, 0.2) is 0 Å². The summed E-state index contributed by atoms with van der Waals surface area (Å²) in [6.07, 6.45) is 2.48. The molecule has 1 aliphatic heterocycles. The zero-order chi connectivity index (χ0) is 13.8. The van der Waals surface area contributed by atoms with Crippen LogP contribution in [0.1, 0.15) is 18.9 Å². The molecule has 19 heavy (non-hydrogen) atoms. The molecule has 1 saturated heterocycles. The predicted octanol–water partition coefficient (Wildman–Crippen LogP) is 1.32. The molecular weight excluding hydrogens is 266 g/mol. The highest BCUT2D eigenvalue weighted by molar-refractivity contribution is 6.35. The molecule has 2 amide bonds. The van der Waals surface area contributed by atoms with Gasteiger partial charge in [-0.05, 0) is 18.1 Å². The number of rotatable bonds is 4. The van der Waals surface area contributed by atoms with Crippen molar-refractivity contribution in [1.29, 1.82) is 0 Å². The maximum atomic E-state index is 12.0. The van der Waals surface area contributed by atoms with Gasteiger partial charge in [0.05, 0.1) is 0 Å². The van der Waals surface area contributed by atoms with E-state index < -0.39 is 11.8 Å². The van der Waals surface area contributed by atoms with Crippen molar-refractivity contribution in [2.75, 3.05) is 19.6 Å². The number of piperazine rings is 1. The third-order valence-corrected chi connectivity index (χ3v) is 3.28. The Morgan fingerprint density at radius 1 is 1.21 bits per heavy atom. The lowest BCUT2D eigenvalue weighted by molar-refractivity contribution is -0.156. The van der Waals surface area contributed by atoms with E-state index in [2.05, 4.69) is 4.98 Å². The third kappa shape index (κ3) is 3.23. The maximum Gasteiger partial charge on any atom is 0.312 e. The number of hydrogen-bond donors (Lipinski definition) is 0. The van der Waals surface area contributed by atoms with E-state index >= 15 is 0 Å². The van der Waals surface area contributed by atoms with Crippen molar-refractivity contribution in [2.24, 2.45) is 0 Å². The molecule has 1 aromatic heterocycles. The van der Waals surface area contributed by atoms with Crippen LogP contribution in [0.3, 0.4) is 0 Å². The van der Waals surface area contributed by atoms with Crippen LogP contribution in [0.5, 0.6) is 0 Å². The zero-order valence-corrected chi connectivity index (χ0v) is 11.6. The number of hydrogen-bond acceptors (Lipinski definition) is 3. The number of carbonyl (C=O) groups is 2. The largest absolute Gasteiger partial charge is 0.333 e. The van der Waals surface area contributed by atoms with Crippen molar-refractivity contribution in [2.45, 2.75) is 19.9 Å².